The Hall–Kier alpha value is -1.93. The van der Waals surface area contributed by atoms with Gasteiger partial charge in [0.25, 0.3) is 5.56 Å². The Balaban J connectivity index is 2.18. The molecule has 1 N–H and O–H groups in total. The zero-order valence-corrected chi connectivity index (χ0v) is 12.0. The van der Waals surface area contributed by atoms with Gasteiger partial charge in [-0.3, -0.25) is 19.1 Å². The summed E-state index contributed by atoms with van der Waals surface area (Å²) in [7, 11) is 0. The van der Waals surface area contributed by atoms with Gasteiger partial charge in [0.05, 0.1) is 13.2 Å². The monoisotopic (exact) mass is 298 g/mol. The largest absolute Gasteiger partial charge is 0.463 e. The topological polar surface area (TPSA) is 99.6 Å². The van der Waals surface area contributed by atoms with E-state index in [0.29, 0.717) is 18.6 Å². The number of ether oxygens (including phenoxy) is 3. The molecule has 0 aliphatic carbocycles. The summed E-state index contributed by atoms with van der Waals surface area (Å²) in [5.41, 5.74) is -0.541. The maximum Gasteiger partial charge on any atom is 0.330 e. The van der Waals surface area contributed by atoms with Crippen LogP contribution < -0.4 is 11.2 Å². The molecule has 0 spiro atoms. The summed E-state index contributed by atoms with van der Waals surface area (Å²) in [5.74, 6) is -0.406. The van der Waals surface area contributed by atoms with Gasteiger partial charge in [0, 0.05) is 25.1 Å². The van der Waals surface area contributed by atoms with Gasteiger partial charge in [0.15, 0.2) is 0 Å². The summed E-state index contributed by atoms with van der Waals surface area (Å²) in [6.07, 6.45) is 0.888. The quantitative estimate of drug-likeness (QED) is 0.770. The normalized spacial score (nSPS) is 22.6. The molecule has 0 unspecified atom stereocenters. The molecule has 0 bridgehead atoms. The van der Waals surface area contributed by atoms with E-state index in [2.05, 4.69) is 4.98 Å². The maximum absolute atomic E-state index is 11.9. The van der Waals surface area contributed by atoms with Crippen LogP contribution in [0, 0.1) is 6.92 Å². The van der Waals surface area contributed by atoms with E-state index in [4.69, 9.17) is 14.2 Å². The Morgan fingerprint density at radius 2 is 2.29 bits per heavy atom. The second-order valence-electron chi connectivity index (χ2n) is 4.86. The van der Waals surface area contributed by atoms with Gasteiger partial charge < -0.3 is 14.2 Å². The lowest BCUT2D eigenvalue weighted by atomic mass is 10.3. The van der Waals surface area contributed by atoms with E-state index in [0.717, 1.165) is 0 Å². The van der Waals surface area contributed by atoms with Gasteiger partial charge in [-0.15, -0.1) is 0 Å². The maximum atomic E-state index is 11.9. The summed E-state index contributed by atoms with van der Waals surface area (Å²) in [4.78, 5) is 36.4. The molecular formula is C13H18N2O6. The van der Waals surface area contributed by atoms with Crippen LogP contribution in [0.3, 0.4) is 0 Å². The van der Waals surface area contributed by atoms with Crippen LogP contribution in [0.2, 0.25) is 0 Å². The van der Waals surface area contributed by atoms with Crippen LogP contribution in [0.4, 0.5) is 0 Å². The van der Waals surface area contributed by atoms with Gasteiger partial charge in [-0.1, -0.05) is 0 Å². The Morgan fingerprint density at radius 3 is 3.00 bits per heavy atom. The first-order valence-electron chi connectivity index (χ1n) is 6.66. The number of hydrogen-bond donors (Lipinski definition) is 1. The van der Waals surface area contributed by atoms with E-state index in [9.17, 15) is 14.4 Å². The zero-order chi connectivity index (χ0) is 15.4. The summed E-state index contributed by atoms with van der Waals surface area (Å²) in [5, 5.41) is 0. The molecule has 21 heavy (non-hydrogen) atoms. The van der Waals surface area contributed by atoms with Crippen LogP contribution in [-0.4, -0.2) is 41.4 Å². The number of nitrogens with one attached hydrogen (secondary N) is 1. The van der Waals surface area contributed by atoms with Crippen molar-refractivity contribution in [3.05, 3.63) is 32.6 Å². The molecule has 2 rings (SSSR count). The van der Waals surface area contributed by atoms with Crippen molar-refractivity contribution < 1.29 is 19.0 Å². The third-order valence-corrected chi connectivity index (χ3v) is 3.09. The smallest absolute Gasteiger partial charge is 0.330 e. The van der Waals surface area contributed by atoms with E-state index >= 15 is 0 Å². The molecule has 1 aromatic heterocycles. The molecule has 0 aromatic carbocycles. The van der Waals surface area contributed by atoms with E-state index in [1.165, 1.54) is 17.7 Å². The second-order valence-corrected chi connectivity index (χ2v) is 4.86. The van der Waals surface area contributed by atoms with Crippen LogP contribution in [-0.2, 0) is 19.0 Å². The molecule has 0 radical (unpaired) electrons. The highest BCUT2D eigenvalue weighted by atomic mass is 16.6. The molecule has 1 aliphatic heterocycles. The molecule has 1 fully saturated rings. The van der Waals surface area contributed by atoms with Gasteiger partial charge in [-0.2, -0.15) is 0 Å². The van der Waals surface area contributed by atoms with Crippen molar-refractivity contribution in [2.24, 2.45) is 0 Å². The van der Waals surface area contributed by atoms with Gasteiger partial charge in [-0.25, -0.2) is 4.79 Å². The van der Waals surface area contributed by atoms with Crippen molar-refractivity contribution in [2.45, 2.75) is 32.6 Å². The van der Waals surface area contributed by atoms with Crippen LogP contribution in [0.5, 0.6) is 0 Å². The SMILES string of the molecule is CC(=O)OC[C@@H]1COCC[C@H](n2cc(C)c(=O)[nH]c2=O)O1. The minimum Gasteiger partial charge on any atom is -0.463 e. The summed E-state index contributed by atoms with van der Waals surface area (Å²) < 4.78 is 17.4. The molecule has 2 heterocycles. The van der Waals surface area contributed by atoms with Gasteiger partial charge in [0.2, 0.25) is 0 Å². The van der Waals surface area contributed by atoms with E-state index in [1.54, 1.807) is 6.92 Å². The second kappa shape index (κ2) is 6.68. The van der Waals surface area contributed by atoms with Crippen molar-refractivity contribution in [3.8, 4) is 0 Å². The fourth-order valence-corrected chi connectivity index (χ4v) is 2.03. The van der Waals surface area contributed by atoms with E-state index < -0.39 is 29.6 Å². The van der Waals surface area contributed by atoms with E-state index in [1.807, 2.05) is 0 Å². The average molecular weight is 298 g/mol. The molecule has 1 aliphatic rings. The predicted octanol–water partition coefficient (Wildman–Crippen LogP) is -0.288. The molecule has 8 heteroatoms. The number of carbonyl (C=O) groups is 1. The first-order chi connectivity index (χ1) is 9.97. The van der Waals surface area contributed by atoms with Crippen molar-refractivity contribution >= 4 is 5.97 Å². The number of nitrogens with zero attached hydrogens (tertiary/aromatic N) is 1. The molecule has 1 aromatic rings. The lowest BCUT2D eigenvalue weighted by molar-refractivity contribution is -0.149. The van der Waals surface area contributed by atoms with Gasteiger partial charge >= 0.3 is 11.7 Å². The third kappa shape index (κ3) is 4.02. The average Bonchev–Trinajstić information content (AvgIpc) is 2.66. The number of rotatable bonds is 3. The fraction of sp³-hybridized carbons (Fsp3) is 0.615. The van der Waals surface area contributed by atoms with Crippen molar-refractivity contribution in [1.82, 2.24) is 9.55 Å². The number of aromatic nitrogens is 2. The molecule has 0 amide bonds. The first-order valence-corrected chi connectivity index (χ1v) is 6.66. The zero-order valence-electron chi connectivity index (χ0n) is 12.0. The molecular weight excluding hydrogens is 280 g/mol. The van der Waals surface area contributed by atoms with Gasteiger partial charge in [-0.05, 0) is 6.92 Å². The van der Waals surface area contributed by atoms with E-state index in [-0.39, 0.29) is 13.2 Å². The number of aryl methyl sites for hydroxylation is 1. The molecule has 2 atom stereocenters. The van der Waals surface area contributed by atoms with Crippen molar-refractivity contribution in [1.29, 1.82) is 0 Å². The molecule has 8 nitrogen and oxygen atoms in total. The number of H-pyrrole nitrogens is 1. The Bertz CT molecular complexity index is 620. The summed E-state index contributed by atoms with van der Waals surface area (Å²) >= 11 is 0. The highest BCUT2D eigenvalue weighted by Crippen LogP contribution is 2.18. The lowest BCUT2D eigenvalue weighted by Gasteiger charge is -2.22. The highest BCUT2D eigenvalue weighted by molar-refractivity contribution is 5.65. The summed E-state index contributed by atoms with van der Waals surface area (Å²) in [6.45, 7) is 3.67. The molecule has 116 valence electrons. The number of carbonyl (C=O) groups excluding carboxylic acids is 1. The van der Waals surface area contributed by atoms with Crippen molar-refractivity contribution in [3.63, 3.8) is 0 Å². The van der Waals surface area contributed by atoms with Crippen LogP contribution >= 0.6 is 0 Å². The van der Waals surface area contributed by atoms with Gasteiger partial charge in [0.1, 0.15) is 18.9 Å². The molecule has 0 saturated carbocycles. The predicted molar refractivity (Wildman–Crippen MR) is 72.0 cm³/mol. The lowest BCUT2D eigenvalue weighted by Crippen LogP contribution is -2.36. The number of esters is 1. The standard InChI is InChI=1S/C13H18N2O6/c1-8-5-15(13(18)14-12(8)17)11-3-4-19-6-10(21-11)7-20-9(2)16/h5,10-11H,3-4,6-7H2,1-2H3,(H,14,17,18)/t10-,11+/m0/s1. The molecule has 1 saturated heterocycles. The Morgan fingerprint density at radius 1 is 1.52 bits per heavy atom. The van der Waals surface area contributed by atoms with Crippen LogP contribution in [0.1, 0.15) is 25.1 Å². The minimum absolute atomic E-state index is 0.0585. The first kappa shape index (κ1) is 15.5. The Labute approximate surface area is 120 Å². The van der Waals surface area contributed by atoms with Crippen molar-refractivity contribution in [2.75, 3.05) is 19.8 Å². The highest BCUT2D eigenvalue weighted by Gasteiger charge is 2.24. The van der Waals surface area contributed by atoms with Crippen LogP contribution in [0.15, 0.2) is 15.8 Å². The summed E-state index contributed by atoms with van der Waals surface area (Å²) in [6, 6.07) is 0. The number of aromatic amines is 1. The number of hydrogen-bond acceptors (Lipinski definition) is 6. The Kier molecular flexibility index (Phi) is 4.92. The minimum atomic E-state index is -0.573. The van der Waals surface area contributed by atoms with Crippen LogP contribution in [0.25, 0.3) is 0 Å². The fourth-order valence-electron chi connectivity index (χ4n) is 2.03. The third-order valence-electron chi connectivity index (χ3n) is 3.09.